The molecule has 1 aromatic heterocycles. The Balaban J connectivity index is 1.57. The van der Waals surface area contributed by atoms with Gasteiger partial charge >= 0.3 is 0 Å². The summed E-state index contributed by atoms with van der Waals surface area (Å²) in [6.07, 6.45) is 1.54. The number of benzene rings is 3. The van der Waals surface area contributed by atoms with Gasteiger partial charge in [0.2, 0.25) is 10.0 Å². The first-order chi connectivity index (χ1) is 17.2. The average Bonchev–Trinajstić information content (AvgIpc) is 3.31. The predicted octanol–water partition coefficient (Wildman–Crippen LogP) is 7.39. The van der Waals surface area contributed by atoms with Crippen LogP contribution in [-0.4, -0.2) is 26.0 Å². The topological polar surface area (TPSA) is 72.1 Å². The van der Waals surface area contributed by atoms with E-state index >= 15 is 0 Å². The molecule has 0 unspecified atom stereocenters. The van der Waals surface area contributed by atoms with Gasteiger partial charge in [-0.2, -0.15) is 4.31 Å². The Kier molecular flexibility index (Phi) is 8.39. The van der Waals surface area contributed by atoms with Gasteiger partial charge in [-0.15, -0.1) is 0 Å². The maximum Gasteiger partial charge on any atom is 0.243 e. The molecule has 6 nitrogen and oxygen atoms in total. The van der Waals surface area contributed by atoms with Gasteiger partial charge in [0.05, 0.1) is 35.5 Å². The van der Waals surface area contributed by atoms with E-state index in [-0.39, 0.29) is 18.0 Å². The fourth-order valence-electron chi connectivity index (χ4n) is 3.37. The number of nitrogens with zero attached hydrogens (tertiary/aromatic N) is 2. The summed E-state index contributed by atoms with van der Waals surface area (Å²) in [6, 6.07) is 21.6. The summed E-state index contributed by atoms with van der Waals surface area (Å²) >= 11 is 18.1. The van der Waals surface area contributed by atoms with Gasteiger partial charge in [0.1, 0.15) is 17.3 Å². The molecule has 0 aliphatic rings. The largest absolute Gasteiger partial charge is 0.495 e. The summed E-state index contributed by atoms with van der Waals surface area (Å²) < 4.78 is 39.3. The fraction of sp³-hybridized carbons (Fsp3) is 0.115. The van der Waals surface area contributed by atoms with Crippen LogP contribution in [0.25, 0.3) is 0 Å². The van der Waals surface area contributed by atoms with Gasteiger partial charge in [0.25, 0.3) is 0 Å². The zero-order valence-electron chi connectivity index (χ0n) is 19.1. The molecule has 0 aliphatic carbocycles. The maximum atomic E-state index is 13.5. The zero-order chi connectivity index (χ0) is 25.7. The molecule has 0 saturated carbocycles. The number of ether oxygens (including phenoxy) is 1. The van der Waals surface area contributed by atoms with E-state index in [1.807, 2.05) is 0 Å². The van der Waals surface area contributed by atoms with Crippen LogP contribution in [0, 0.1) is 0 Å². The predicted molar refractivity (Wildman–Crippen MR) is 143 cm³/mol. The van der Waals surface area contributed by atoms with E-state index in [4.69, 9.17) is 44.0 Å². The molecule has 0 radical (unpaired) electrons. The lowest BCUT2D eigenvalue weighted by Crippen LogP contribution is -2.30. The van der Waals surface area contributed by atoms with Crippen LogP contribution >= 0.6 is 34.8 Å². The quantitative estimate of drug-likeness (QED) is 0.199. The number of halogens is 3. The molecule has 0 aliphatic heterocycles. The van der Waals surface area contributed by atoms with Crippen molar-refractivity contribution in [1.82, 2.24) is 4.31 Å². The van der Waals surface area contributed by atoms with E-state index in [0.29, 0.717) is 38.0 Å². The molecule has 1 heterocycles. The molecule has 3 aromatic carbocycles. The van der Waals surface area contributed by atoms with Crippen LogP contribution in [0.3, 0.4) is 0 Å². The number of hydrogen-bond donors (Lipinski definition) is 0. The monoisotopic (exact) mass is 562 g/mol. The molecule has 0 bridgehead atoms. The molecule has 186 valence electrons. The third-order valence-corrected chi connectivity index (χ3v) is 7.82. The molecule has 0 atom stereocenters. The Morgan fingerprint density at radius 3 is 2.19 bits per heavy atom. The van der Waals surface area contributed by atoms with Crippen LogP contribution in [0.5, 0.6) is 5.75 Å². The maximum absolute atomic E-state index is 13.5. The van der Waals surface area contributed by atoms with Crippen molar-refractivity contribution in [3.63, 3.8) is 0 Å². The molecule has 4 aromatic rings. The highest BCUT2D eigenvalue weighted by Crippen LogP contribution is 2.29. The molecule has 0 amide bonds. The minimum absolute atomic E-state index is 0.00971. The van der Waals surface area contributed by atoms with E-state index in [9.17, 15) is 8.42 Å². The van der Waals surface area contributed by atoms with Crippen molar-refractivity contribution in [2.45, 2.75) is 18.0 Å². The Labute approximate surface area is 224 Å². The first-order valence-corrected chi connectivity index (χ1v) is 13.3. The van der Waals surface area contributed by atoms with Gasteiger partial charge in [-0.25, -0.2) is 8.42 Å². The van der Waals surface area contributed by atoms with Crippen molar-refractivity contribution < 1.29 is 17.6 Å². The third kappa shape index (κ3) is 6.49. The first kappa shape index (κ1) is 26.3. The van der Waals surface area contributed by atoms with Gasteiger partial charge in [-0.3, -0.25) is 4.99 Å². The Hall–Kier alpha value is -2.81. The second-order valence-electron chi connectivity index (χ2n) is 7.73. The van der Waals surface area contributed by atoms with Crippen molar-refractivity contribution in [1.29, 1.82) is 0 Å². The first-order valence-electron chi connectivity index (χ1n) is 10.7. The summed E-state index contributed by atoms with van der Waals surface area (Å²) in [5.41, 5.74) is 1.40. The van der Waals surface area contributed by atoms with Crippen LogP contribution in [0.4, 0.5) is 5.69 Å². The van der Waals surface area contributed by atoms with E-state index in [1.54, 1.807) is 72.9 Å². The van der Waals surface area contributed by atoms with Crippen LogP contribution < -0.4 is 4.74 Å². The number of methoxy groups -OCH3 is 1. The summed E-state index contributed by atoms with van der Waals surface area (Å²) in [6.45, 7) is 0.131. The fourth-order valence-corrected chi connectivity index (χ4v) is 5.27. The molecule has 36 heavy (non-hydrogen) atoms. The van der Waals surface area contributed by atoms with E-state index in [1.165, 1.54) is 23.5 Å². The molecule has 0 fully saturated rings. The Morgan fingerprint density at radius 2 is 1.56 bits per heavy atom. The number of rotatable bonds is 9. The Bertz CT molecular complexity index is 1470. The van der Waals surface area contributed by atoms with Crippen LogP contribution in [0.1, 0.15) is 17.1 Å². The van der Waals surface area contributed by atoms with E-state index in [2.05, 4.69) is 4.99 Å². The normalized spacial score (nSPS) is 11.9. The molecule has 0 saturated heterocycles. The minimum atomic E-state index is -3.86. The molecular formula is C26H21Cl3N2O4S. The second kappa shape index (κ2) is 11.5. The molecule has 10 heteroatoms. The lowest BCUT2D eigenvalue weighted by Gasteiger charge is -2.21. The van der Waals surface area contributed by atoms with Crippen LogP contribution in [-0.2, 0) is 23.1 Å². The summed E-state index contributed by atoms with van der Waals surface area (Å²) in [5.74, 6) is 1.47. The standard InChI is InChI=1S/C26H21Cl3N2O4S/c1-34-26-13-8-21(14-25(26)29)30-15-22-9-10-23(35-22)17-31(16-18-2-4-19(27)5-3-18)36(32,33)24-11-6-20(28)7-12-24/h2-15H,16-17H2,1H3. The van der Waals surface area contributed by atoms with Crippen molar-refractivity contribution in [3.05, 3.63) is 111 Å². The summed E-state index contributed by atoms with van der Waals surface area (Å²) in [5, 5.41) is 1.46. The zero-order valence-corrected chi connectivity index (χ0v) is 22.2. The Morgan fingerprint density at radius 1 is 0.889 bits per heavy atom. The molecule has 0 N–H and O–H groups in total. The average molecular weight is 564 g/mol. The minimum Gasteiger partial charge on any atom is -0.495 e. The van der Waals surface area contributed by atoms with Crippen LogP contribution in [0.15, 0.2) is 93.2 Å². The highest BCUT2D eigenvalue weighted by molar-refractivity contribution is 7.89. The van der Waals surface area contributed by atoms with Gasteiger partial charge in [-0.1, -0.05) is 46.9 Å². The second-order valence-corrected chi connectivity index (χ2v) is 11.0. The summed E-state index contributed by atoms with van der Waals surface area (Å²) in [7, 11) is -2.32. The van der Waals surface area contributed by atoms with Crippen molar-refractivity contribution in [2.75, 3.05) is 7.11 Å². The van der Waals surface area contributed by atoms with Crippen molar-refractivity contribution in [3.8, 4) is 5.75 Å². The number of hydrogen-bond acceptors (Lipinski definition) is 5. The van der Waals surface area contributed by atoms with Gasteiger partial charge < -0.3 is 9.15 Å². The number of sulfonamides is 1. The highest BCUT2D eigenvalue weighted by atomic mass is 35.5. The van der Waals surface area contributed by atoms with E-state index in [0.717, 1.165) is 5.56 Å². The van der Waals surface area contributed by atoms with Crippen LogP contribution in [0.2, 0.25) is 15.1 Å². The van der Waals surface area contributed by atoms with Gasteiger partial charge in [0.15, 0.2) is 0 Å². The van der Waals surface area contributed by atoms with Gasteiger partial charge in [-0.05, 0) is 72.3 Å². The molecule has 0 spiro atoms. The van der Waals surface area contributed by atoms with E-state index < -0.39 is 10.0 Å². The number of furan rings is 1. The smallest absolute Gasteiger partial charge is 0.243 e. The highest BCUT2D eigenvalue weighted by Gasteiger charge is 2.26. The SMILES string of the molecule is COc1ccc(N=Cc2ccc(CN(Cc3ccc(Cl)cc3)S(=O)(=O)c3ccc(Cl)cc3)o2)cc1Cl. The molecular weight excluding hydrogens is 543 g/mol. The number of aliphatic imine (C=N–C) groups is 1. The lowest BCUT2D eigenvalue weighted by molar-refractivity contribution is 0.357. The third-order valence-electron chi connectivity index (χ3n) is 5.21. The lowest BCUT2D eigenvalue weighted by atomic mass is 10.2. The van der Waals surface area contributed by atoms with Gasteiger partial charge in [0, 0.05) is 16.6 Å². The molecule has 4 rings (SSSR count). The summed E-state index contributed by atoms with van der Waals surface area (Å²) in [4.78, 5) is 4.50. The van der Waals surface area contributed by atoms with Crippen molar-refractivity contribution in [2.24, 2.45) is 4.99 Å². The van der Waals surface area contributed by atoms with Crippen molar-refractivity contribution >= 4 is 56.7 Å².